The van der Waals surface area contributed by atoms with Gasteiger partial charge < -0.3 is 4.98 Å². The Morgan fingerprint density at radius 3 is 2.15 bits per heavy atom. The van der Waals surface area contributed by atoms with Gasteiger partial charge in [-0.1, -0.05) is 54.6 Å². The number of H-pyrrole nitrogens is 1. The van der Waals surface area contributed by atoms with Gasteiger partial charge in [-0.3, -0.25) is 4.09 Å². The summed E-state index contributed by atoms with van der Waals surface area (Å²) >= 11 is 6.62. The second kappa shape index (κ2) is 5.38. The number of hydrogen-bond acceptors (Lipinski definition) is 0. The topological polar surface area (TPSA) is 20.7 Å². The molecule has 0 bridgehead atoms. The summed E-state index contributed by atoms with van der Waals surface area (Å²) < 4.78 is 1.76. The predicted octanol–water partition coefficient (Wildman–Crippen LogP) is 7.10. The number of rotatable bonds is 1. The van der Waals surface area contributed by atoms with E-state index in [1.54, 1.807) is 4.09 Å². The smallest absolute Gasteiger partial charge is 0.0667 e. The first-order chi connectivity index (χ1) is 13.3. The lowest BCUT2D eigenvalue weighted by atomic mass is 10.0. The molecule has 27 heavy (non-hydrogen) atoms. The van der Waals surface area contributed by atoms with Crippen LogP contribution in [-0.2, 0) is 0 Å². The van der Waals surface area contributed by atoms with Gasteiger partial charge in [-0.25, -0.2) is 0 Å². The number of aromatic amines is 1. The quantitative estimate of drug-likeness (QED) is 0.320. The molecular weight excluding hydrogens is 352 g/mol. The summed E-state index contributed by atoms with van der Waals surface area (Å²) in [5.74, 6) is 0. The largest absolute Gasteiger partial charge is 0.355 e. The summed E-state index contributed by atoms with van der Waals surface area (Å²) in [7, 11) is 0. The molecule has 0 aliphatic rings. The average molecular weight is 367 g/mol. The van der Waals surface area contributed by atoms with E-state index in [1.807, 2.05) is 6.07 Å². The maximum Gasteiger partial charge on any atom is 0.0667 e. The Kier molecular flexibility index (Phi) is 2.97. The monoisotopic (exact) mass is 366 g/mol. The number of benzene rings is 4. The molecule has 2 nitrogen and oxygen atoms in total. The number of aromatic nitrogens is 2. The van der Waals surface area contributed by atoms with Gasteiger partial charge in [-0.15, -0.1) is 0 Å². The van der Waals surface area contributed by atoms with Crippen LogP contribution in [0.15, 0.2) is 84.9 Å². The number of nitrogens with one attached hydrogen (secondary N) is 1. The van der Waals surface area contributed by atoms with Crippen molar-refractivity contribution in [1.29, 1.82) is 0 Å². The van der Waals surface area contributed by atoms with Crippen molar-refractivity contribution in [3.05, 3.63) is 84.9 Å². The molecule has 2 heterocycles. The molecule has 0 atom stereocenters. The maximum absolute atomic E-state index is 6.62. The standard InChI is InChI=1S/C24H15ClN2/c25-27-23-8-4-2-6-18(23)19-11-9-16(14-24(19)27)15-10-12-22-20(13-15)17-5-1-3-7-21(17)26-22/h1-14,26H. The molecule has 6 aromatic rings. The highest BCUT2D eigenvalue weighted by Crippen LogP contribution is 2.35. The molecule has 0 spiro atoms. The number of fused-ring (bicyclic) bond motifs is 6. The highest BCUT2D eigenvalue weighted by Gasteiger charge is 2.11. The summed E-state index contributed by atoms with van der Waals surface area (Å²) in [6.07, 6.45) is 0. The van der Waals surface area contributed by atoms with Gasteiger partial charge in [0.15, 0.2) is 0 Å². The van der Waals surface area contributed by atoms with Crippen LogP contribution >= 0.6 is 11.8 Å². The van der Waals surface area contributed by atoms with Crippen LogP contribution in [-0.4, -0.2) is 9.07 Å². The van der Waals surface area contributed by atoms with Crippen molar-refractivity contribution in [3.63, 3.8) is 0 Å². The van der Waals surface area contributed by atoms with Crippen molar-refractivity contribution in [2.45, 2.75) is 0 Å². The van der Waals surface area contributed by atoms with Gasteiger partial charge in [0.2, 0.25) is 0 Å². The molecule has 2 aromatic heterocycles. The minimum Gasteiger partial charge on any atom is -0.355 e. The lowest BCUT2D eigenvalue weighted by Crippen LogP contribution is -1.82. The SMILES string of the molecule is Cln1c2ccccc2c2ccc(-c3ccc4[nH]c5ccccc5c4c3)cc21. The third-order valence-electron chi connectivity index (χ3n) is 5.45. The fourth-order valence-electron chi connectivity index (χ4n) is 4.13. The zero-order chi connectivity index (χ0) is 18.0. The number of halogens is 1. The summed E-state index contributed by atoms with van der Waals surface area (Å²) in [6.45, 7) is 0. The molecule has 0 saturated heterocycles. The summed E-state index contributed by atoms with van der Waals surface area (Å²) in [4.78, 5) is 3.49. The molecule has 3 heteroatoms. The number of nitrogens with zero attached hydrogens (tertiary/aromatic N) is 1. The first-order valence-electron chi connectivity index (χ1n) is 9.00. The predicted molar refractivity (Wildman–Crippen MR) is 115 cm³/mol. The molecule has 0 amide bonds. The fourth-order valence-corrected chi connectivity index (χ4v) is 4.42. The summed E-state index contributed by atoms with van der Waals surface area (Å²) in [5.41, 5.74) is 6.76. The van der Waals surface area contributed by atoms with E-state index < -0.39 is 0 Å². The Balaban J connectivity index is 1.61. The van der Waals surface area contributed by atoms with Crippen LogP contribution in [0.1, 0.15) is 0 Å². The molecule has 0 saturated carbocycles. The van der Waals surface area contributed by atoms with Crippen molar-refractivity contribution >= 4 is 55.4 Å². The van der Waals surface area contributed by atoms with E-state index in [0.29, 0.717) is 0 Å². The van der Waals surface area contributed by atoms with Gasteiger partial charge in [0.25, 0.3) is 0 Å². The highest BCUT2D eigenvalue weighted by molar-refractivity contribution is 6.26. The van der Waals surface area contributed by atoms with E-state index in [9.17, 15) is 0 Å². The zero-order valence-corrected chi connectivity index (χ0v) is 15.2. The van der Waals surface area contributed by atoms with Crippen LogP contribution in [0.25, 0.3) is 54.7 Å². The third kappa shape index (κ3) is 2.08. The Hall–Kier alpha value is -3.23. The highest BCUT2D eigenvalue weighted by atomic mass is 35.5. The molecule has 1 N–H and O–H groups in total. The summed E-state index contributed by atoms with van der Waals surface area (Å²) in [5, 5.41) is 4.86. The number of para-hydroxylation sites is 2. The Bertz CT molecular complexity index is 1490. The van der Waals surface area contributed by atoms with E-state index in [4.69, 9.17) is 11.8 Å². The molecule has 0 fully saturated rings. The Morgan fingerprint density at radius 1 is 0.556 bits per heavy atom. The van der Waals surface area contributed by atoms with Gasteiger partial charge in [0.05, 0.1) is 11.0 Å². The normalized spacial score (nSPS) is 11.9. The molecule has 128 valence electrons. The van der Waals surface area contributed by atoms with Crippen molar-refractivity contribution in [1.82, 2.24) is 9.07 Å². The molecule has 0 aliphatic heterocycles. The van der Waals surface area contributed by atoms with Gasteiger partial charge in [0.1, 0.15) is 0 Å². The Labute approximate surface area is 160 Å². The van der Waals surface area contributed by atoms with Crippen molar-refractivity contribution in [2.75, 3.05) is 0 Å². The lowest BCUT2D eigenvalue weighted by Gasteiger charge is -2.04. The fraction of sp³-hybridized carbons (Fsp3) is 0. The molecule has 6 rings (SSSR count). The van der Waals surface area contributed by atoms with Crippen molar-refractivity contribution in [2.24, 2.45) is 0 Å². The molecule has 0 unspecified atom stereocenters. The minimum absolute atomic E-state index is 1.04. The van der Waals surface area contributed by atoms with Crippen LogP contribution in [0.2, 0.25) is 0 Å². The van der Waals surface area contributed by atoms with Crippen LogP contribution < -0.4 is 0 Å². The van der Waals surface area contributed by atoms with Crippen LogP contribution in [0.4, 0.5) is 0 Å². The van der Waals surface area contributed by atoms with Gasteiger partial charge in [-0.05, 0) is 41.5 Å². The molecule has 4 aromatic carbocycles. The van der Waals surface area contributed by atoms with Crippen LogP contribution in [0, 0.1) is 0 Å². The first-order valence-corrected chi connectivity index (χ1v) is 9.34. The zero-order valence-electron chi connectivity index (χ0n) is 14.4. The molecule has 0 aliphatic carbocycles. The van der Waals surface area contributed by atoms with Crippen molar-refractivity contribution < 1.29 is 0 Å². The van der Waals surface area contributed by atoms with Crippen molar-refractivity contribution in [3.8, 4) is 11.1 Å². The lowest BCUT2D eigenvalue weighted by molar-refractivity contribution is 1.40. The van der Waals surface area contributed by atoms with Gasteiger partial charge in [0, 0.05) is 44.4 Å². The average Bonchev–Trinajstić information content (AvgIpc) is 3.23. The van der Waals surface area contributed by atoms with Crippen LogP contribution in [0.3, 0.4) is 0 Å². The van der Waals surface area contributed by atoms with E-state index in [1.165, 1.54) is 38.2 Å². The maximum atomic E-state index is 6.62. The van der Waals surface area contributed by atoms with Gasteiger partial charge in [-0.2, -0.15) is 0 Å². The Morgan fingerprint density at radius 2 is 1.22 bits per heavy atom. The molecule has 0 radical (unpaired) electrons. The van der Waals surface area contributed by atoms with E-state index in [-0.39, 0.29) is 0 Å². The van der Waals surface area contributed by atoms with E-state index in [2.05, 4.69) is 83.8 Å². The second-order valence-electron chi connectivity index (χ2n) is 6.96. The van der Waals surface area contributed by atoms with E-state index in [0.717, 1.165) is 16.6 Å². The molecular formula is C24H15ClN2. The summed E-state index contributed by atoms with van der Waals surface area (Å²) in [6, 6.07) is 29.8. The minimum atomic E-state index is 1.04. The van der Waals surface area contributed by atoms with E-state index >= 15 is 0 Å². The first kappa shape index (κ1) is 14.9. The third-order valence-corrected chi connectivity index (χ3v) is 5.82. The van der Waals surface area contributed by atoms with Gasteiger partial charge >= 0.3 is 0 Å². The second-order valence-corrected chi connectivity index (χ2v) is 7.30. The number of hydrogen-bond donors (Lipinski definition) is 1. The van der Waals surface area contributed by atoms with Crippen LogP contribution in [0.5, 0.6) is 0 Å².